The van der Waals surface area contributed by atoms with Crippen molar-refractivity contribution >= 4 is 34.2 Å². The van der Waals surface area contributed by atoms with Crippen LogP contribution in [0.15, 0.2) is 65.9 Å². The average Bonchev–Trinajstić information content (AvgIpc) is 2.86. The van der Waals surface area contributed by atoms with Crippen LogP contribution in [0.1, 0.15) is 44.2 Å². The summed E-state index contributed by atoms with van der Waals surface area (Å²) in [5, 5.41) is 5.50. The van der Waals surface area contributed by atoms with E-state index in [1.807, 2.05) is 56.3 Å². The Hall–Kier alpha value is -4.13. The zero-order valence-corrected chi connectivity index (χ0v) is 21.5. The summed E-state index contributed by atoms with van der Waals surface area (Å²) < 4.78 is 16.1. The second kappa shape index (κ2) is 9.07. The molecular weight excluding hydrogens is 470 g/mol. The standard InChI is InChI=1S/C30H29NO6/c1-16(32)37-22-13-11-18(14-23(22)35-4)24-25-19-9-7-6-8-17(19)10-12-20(25)31-28-26(24)21(33)15-30(2,3)27(28)29(34)36-5/h6-14,24,27,31H,15H2,1-5H3/t24-,27-/m0/s1. The van der Waals surface area contributed by atoms with E-state index in [4.69, 9.17) is 14.2 Å². The fraction of sp³-hybridized carbons (Fsp3) is 0.300. The number of anilines is 1. The molecule has 0 aromatic heterocycles. The molecule has 0 spiro atoms. The van der Waals surface area contributed by atoms with Crippen molar-refractivity contribution in [2.45, 2.75) is 33.1 Å². The van der Waals surface area contributed by atoms with E-state index in [-0.39, 0.29) is 18.2 Å². The Kier molecular flexibility index (Phi) is 6.02. The molecule has 0 saturated carbocycles. The Morgan fingerprint density at radius 1 is 1.00 bits per heavy atom. The maximum Gasteiger partial charge on any atom is 0.315 e. The molecule has 0 unspecified atom stereocenters. The summed E-state index contributed by atoms with van der Waals surface area (Å²) in [7, 11) is 2.87. The molecule has 2 aliphatic rings. The number of benzene rings is 3. The number of carbonyl (C=O) groups is 3. The van der Waals surface area contributed by atoms with E-state index in [1.165, 1.54) is 21.1 Å². The van der Waals surface area contributed by atoms with Gasteiger partial charge < -0.3 is 19.5 Å². The summed E-state index contributed by atoms with van der Waals surface area (Å²) >= 11 is 0. The van der Waals surface area contributed by atoms with Crippen LogP contribution in [0.4, 0.5) is 5.69 Å². The molecule has 1 N–H and O–H groups in total. The summed E-state index contributed by atoms with van der Waals surface area (Å²) in [6, 6.07) is 17.3. The van der Waals surface area contributed by atoms with E-state index in [0.29, 0.717) is 22.8 Å². The molecule has 0 amide bonds. The van der Waals surface area contributed by atoms with E-state index < -0.39 is 23.2 Å². The third-order valence-electron chi connectivity index (χ3n) is 7.31. The van der Waals surface area contributed by atoms with Gasteiger partial charge >= 0.3 is 11.9 Å². The second-order valence-electron chi connectivity index (χ2n) is 10.2. The number of allylic oxidation sites excluding steroid dienone is 1. The lowest BCUT2D eigenvalue weighted by atomic mass is 9.63. The molecule has 37 heavy (non-hydrogen) atoms. The SMILES string of the molecule is COC(=O)[C@@H]1C2=C(C(=O)CC1(C)C)[C@@H](c1ccc(OC(C)=O)c(OC)c1)c1c(ccc3ccccc13)N2. The monoisotopic (exact) mass is 499 g/mol. The van der Waals surface area contributed by atoms with Gasteiger partial charge in [-0.3, -0.25) is 14.4 Å². The van der Waals surface area contributed by atoms with E-state index in [0.717, 1.165) is 27.6 Å². The van der Waals surface area contributed by atoms with Crippen molar-refractivity contribution < 1.29 is 28.6 Å². The molecule has 0 saturated heterocycles. The van der Waals surface area contributed by atoms with E-state index in [2.05, 4.69) is 5.32 Å². The van der Waals surface area contributed by atoms with Crippen LogP contribution in [0.25, 0.3) is 10.8 Å². The minimum Gasteiger partial charge on any atom is -0.493 e. The molecular formula is C30H29NO6. The lowest BCUT2D eigenvalue weighted by molar-refractivity contribution is -0.148. The highest BCUT2D eigenvalue weighted by Crippen LogP contribution is 2.53. The number of hydrogen-bond donors (Lipinski definition) is 1. The number of Topliss-reactive ketones (excluding diaryl/α,β-unsaturated/α-hetero) is 1. The number of methoxy groups -OCH3 is 2. The zero-order chi connectivity index (χ0) is 26.5. The van der Waals surface area contributed by atoms with Gasteiger partial charge in [-0.2, -0.15) is 0 Å². The maximum atomic E-state index is 13.8. The third kappa shape index (κ3) is 4.04. The molecule has 1 aliphatic heterocycles. The number of rotatable bonds is 4. The predicted octanol–water partition coefficient (Wildman–Crippen LogP) is 5.37. The number of ketones is 1. The van der Waals surface area contributed by atoms with E-state index >= 15 is 0 Å². The van der Waals surface area contributed by atoms with Gasteiger partial charge in [-0.05, 0) is 45.5 Å². The molecule has 0 bridgehead atoms. The molecule has 3 aromatic carbocycles. The first-order valence-electron chi connectivity index (χ1n) is 12.2. The second-order valence-corrected chi connectivity index (χ2v) is 10.2. The smallest absolute Gasteiger partial charge is 0.315 e. The fourth-order valence-corrected chi connectivity index (χ4v) is 5.76. The molecule has 190 valence electrons. The molecule has 7 nitrogen and oxygen atoms in total. The van der Waals surface area contributed by atoms with Gasteiger partial charge in [0.1, 0.15) is 5.92 Å². The lowest BCUT2D eigenvalue weighted by Gasteiger charge is -2.44. The van der Waals surface area contributed by atoms with Crippen LogP contribution < -0.4 is 14.8 Å². The van der Waals surface area contributed by atoms with Crippen molar-refractivity contribution in [3.05, 3.63) is 77.0 Å². The maximum absolute atomic E-state index is 13.8. The number of fused-ring (bicyclic) bond motifs is 3. The van der Waals surface area contributed by atoms with Crippen LogP contribution in [-0.2, 0) is 19.1 Å². The van der Waals surface area contributed by atoms with Crippen LogP contribution in [0.3, 0.4) is 0 Å². The highest BCUT2D eigenvalue weighted by Gasteiger charge is 2.50. The topological polar surface area (TPSA) is 90.9 Å². The van der Waals surface area contributed by atoms with Gasteiger partial charge in [0.2, 0.25) is 0 Å². The van der Waals surface area contributed by atoms with Crippen molar-refractivity contribution in [1.82, 2.24) is 0 Å². The van der Waals surface area contributed by atoms with Crippen molar-refractivity contribution in [3.63, 3.8) is 0 Å². The first-order valence-corrected chi connectivity index (χ1v) is 12.2. The van der Waals surface area contributed by atoms with Gasteiger partial charge in [-0.25, -0.2) is 0 Å². The Morgan fingerprint density at radius 3 is 2.46 bits per heavy atom. The van der Waals surface area contributed by atoms with Gasteiger partial charge in [0.05, 0.1) is 14.2 Å². The van der Waals surface area contributed by atoms with E-state index in [1.54, 1.807) is 12.1 Å². The summed E-state index contributed by atoms with van der Waals surface area (Å²) in [6.07, 6.45) is 0.201. The highest BCUT2D eigenvalue weighted by atomic mass is 16.6. The Labute approximate surface area is 215 Å². The Morgan fingerprint density at radius 2 is 1.76 bits per heavy atom. The number of hydrogen-bond acceptors (Lipinski definition) is 7. The van der Waals surface area contributed by atoms with E-state index in [9.17, 15) is 14.4 Å². The summed E-state index contributed by atoms with van der Waals surface area (Å²) in [5.41, 5.74) is 3.03. The minimum absolute atomic E-state index is 0.0285. The summed E-state index contributed by atoms with van der Waals surface area (Å²) in [5.74, 6) is -1.32. The molecule has 7 heteroatoms. The first kappa shape index (κ1) is 24.6. The van der Waals surface area contributed by atoms with Crippen LogP contribution in [-0.4, -0.2) is 31.9 Å². The number of nitrogens with one attached hydrogen (secondary N) is 1. The predicted molar refractivity (Wildman–Crippen MR) is 140 cm³/mol. The summed E-state index contributed by atoms with van der Waals surface area (Å²) in [6.45, 7) is 5.16. The van der Waals surface area contributed by atoms with Gasteiger partial charge in [-0.1, -0.05) is 50.2 Å². The Balaban J connectivity index is 1.82. The molecule has 0 fully saturated rings. The van der Waals surface area contributed by atoms with Gasteiger partial charge in [-0.15, -0.1) is 0 Å². The molecule has 1 heterocycles. The van der Waals surface area contributed by atoms with Crippen LogP contribution in [0.5, 0.6) is 11.5 Å². The van der Waals surface area contributed by atoms with Crippen molar-refractivity contribution in [2.24, 2.45) is 11.3 Å². The van der Waals surface area contributed by atoms with Crippen LogP contribution in [0, 0.1) is 11.3 Å². The van der Waals surface area contributed by atoms with Crippen molar-refractivity contribution in [2.75, 3.05) is 19.5 Å². The normalized spacial score (nSPS) is 20.0. The first-order chi connectivity index (χ1) is 17.7. The molecule has 0 radical (unpaired) electrons. The Bertz CT molecular complexity index is 1480. The average molecular weight is 500 g/mol. The lowest BCUT2D eigenvalue weighted by Crippen LogP contribution is -2.44. The van der Waals surface area contributed by atoms with Gasteiger partial charge in [0, 0.05) is 36.2 Å². The van der Waals surface area contributed by atoms with Gasteiger partial charge in [0.15, 0.2) is 17.3 Å². The highest BCUT2D eigenvalue weighted by molar-refractivity contribution is 6.06. The molecule has 2 atom stereocenters. The minimum atomic E-state index is -0.644. The van der Waals surface area contributed by atoms with Crippen molar-refractivity contribution in [3.8, 4) is 11.5 Å². The molecule has 5 rings (SSSR count). The fourth-order valence-electron chi connectivity index (χ4n) is 5.76. The number of ether oxygens (including phenoxy) is 3. The van der Waals surface area contributed by atoms with Gasteiger partial charge in [0.25, 0.3) is 0 Å². The van der Waals surface area contributed by atoms with Crippen LogP contribution >= 0.6 is 0 Å². The quantitative estimate of drug-likeness (QED) is 0.381. The zero-order valence-electron chi connectivity index (χ0n) is 21.5. The third-order valence-corrected chi connectivity index (χ3v) is 7.31. The number of carbonyl (C=O) groups excluding carboxylic acids is 3. The molecule has 3 aromatic rings. The van der Waals surface area contributed by atoms with Crippen molar-refractivity contribution in [1.29, 1.82) is 0 Å². The molecule has 1 aliphatic carbocycles. The van der Waals surface area contributed by atoms with Crippen LogP contribution in [0.2, 0.25) is 0 Å². The number of esters is 2. The largest absolute Gasteiger partial charge is 0.493 e. The summed E-state index contributed by atoms with van der Waals surface area (Å²) in [4.78, 5) is 38.5.